The van der Waals surface area contributed by atoms with E-state index in [1.165, 1.54) is 35.3 Å². The van der Waals surface area contributed by atoms with Crippen molar-refractivity contribution < 1.29 is 23.2 Å². The van der Waals surface area contributed by atoms with Gasteiger partial charge in [-0.1, -0.05) is 48.5 Å². The van der Waals surface area contributed by atoms with Gasteiger partial charge in [-0.3, -0.25) is 14.9 Å². The van der Waals surface area contributed by atoms with E-state index in [9.17, 15) is 13.2 Å². The van der Waals surface area contributed by atoms with E-state index in [4.69, 9.17) is 9.94 Å². The Morgan fingerprint density at radius 3 is 2.83 bits per heavy atom. The number of methoxy groups -OCH3 is 1. The highest BCUT2D eigenvalue weighted by Crippen LogP contribution is 2.37. The molecule has 1 heterocycles. The summed E-state index contributed by atoms with van der Waals surface area (Å²) >= 11 is 0. The molecule has 0 saturated carbocycles. The lowest BCUT2D eigenvalue weighted by atomic mass is 10.0. The monoisotopic (exact) mass is 588 g/mol. The second-order valence-corrected chi connectivity index (χ2v) is 12.2. The van der Waals surface area contributed by atoms with E-state index in [1.807, 2.05) is 24.3 Å². The van der Waals surface area contributed by atoms with Crippen LogP contribution in [0.25, 0.3) is 17.0 Å². The standard InChI is InChI=1S/C32H36N4O5S/c1-41-18-16-34-42(39,40)27-6-4-5-24(20-27)22-36(17-15-26-21-33-30-8-3-2-7-28(26)30)31-13-11-25-19-23(9-12-29(25)31)10-14-32(37)35-38/h2-10,12,14,19-21,31,33-34,38H,11,13,15-18,22H2,1H3,(H,35,37)/b14-10+. The minimum absolute atomic E-state index is 0.157. The lowest BCUT2D eigenvalue weighted by Gasteiger charge is -2.30. The van der Waals surface area contributed by atoms with E-state index in [2.05, 4.69) is 45.1 Å². The van der Waals surface area contributed by atoms with E-state index in [0.717, 1.165) is 42.5 Å². The largest absolute Gasteiger partial charge is 0.383 e. The van der Waals surface area contributed by atoms with Crippen LogP contribution in [0.4, 0.5) is 0 Å². The smallest absolute Gasteiger partial charge is 0.267 e. The Morgan fingerprint density at radius 1 is 1.14 bits per heavy atom. The quantitative estimate of drug-likeness (QED) is 0.0798. The summed E-state index contributed by atoms with van der Waals surface area (Å²) in [4.78, 5) is 17.5. The number of H-pyrrole nitrogens is 1. The van der Waals surface area contributed by atoms with Crippen LogP contribution in [-0.4, -0.2) is 56.2 Å². The molecule has 4 N–H and O–H groups in total. The second-order valence-electron chi connectivity index (χ2n) is 10.4. The van der Waals surface area contributed by atoms with Crippen LogP contribution in [-0.2, 0) is 38.9 Å². The van der Waals surface area contributed by atoms with Crippen molar-refractivity contribution in [1.82, 2.24) is 20.1 Å². The Labute approximate surface area is 246 Å². The Balaban J connectivity index is 1.41. The number of ether oxygens (including phenoxy) is 1. The Kier molecular flexibility index (Phi) is 9.51. The van der Waals surface area contributed by atoms with E-state index >= 15 is 0 Å². The number of nitrogens with zero attached hydrogens (tertiary/aromatic N) is 1. The van der Waals surface area contributed by atoms with Crippen LogP contribution in [0.1, 0.15) is 40.3 Å². The Hall–Kier alpha value is -3.80. The van der Waals surface area contributed by atoms with Gasteiger partial charge in [-0.15, -0.1) is 0 Å². The first-order valence-electron chi connectivity index (χ1n) is 14.0. The van der Waals surface area contributed by atoms with Crippen LogP contribution in [0, 0.1) is 0 Å². The van der Waals surface area contributed by atoms with Crippen LogP contribution < -0.4 is 10.2 Å². The molecule has 1 aliphatic carbocycles. The average Bonchev–Trinajstić information content (AvgIpc) is 3.62. The molecule has 3 aromatic carbocycles. The molecule has 0 fully saturated rings. The van der Waals surface area contributed by atoms with Crippen LogP contribution in [0.5, 0.6) is 0 Å². The number of fused-ring (bicyclic) bond motifs is 2. The van der Waals surface area contributed by atoms with Crippen molar-refractivity contribution >= 4 is 32.9 Å². The number of hydrogen-bond acceptors (Lipinski definition) is 6. The first-order chi connectivity index (χ1) is 20.4. The fourth-order valence-electron chi connectivity index (χ4n) is 5.66. The Morgan fingerprint density at radius 2 is 2.00 bits per heavy atom. The lowest BCUT2D eigenvalue weighted by Crippen LogP contribution is -2.30. The third-order valence-corrected chi connectivity index (χ3v) is 9.19. The molecule has 42 heavy (non-hydrogen) atoms. The van der Waals surface area contributed by atoms with Gasteiger partial charge in [0.15, 0.2) is 0 Å². The van der Waals surface area contributed by atoms with Gasteiger partial charge < -0.3 is 9.72 Å². The van der Waals surface area contributed by atoms with Gasteiger partial charge >= 0.3 is 0 Å². The zero-order chi connectivity index (χ0) is 29.5. The molecular formula is C32H36N4O5S. The van der Waals surface area contributed by atoms with Gasteiger partial charge in [-0.2, -0.15) is 0 Å². The second kappa shape index (κ2) is 13.5. The van der Waals surface area contributed by atoms with Crippen LogP contribution in [0.3, 0.4) is 0 Å². The molecule has 1 aliphatic rings. The average molecular weight is 589 g/mol. The first-order valence-corrected chi connectivity index (χ1v) is 15.5. The zero-order valence-electron chi connectivity index (χ0n) is 23.5. The van der Waals surface area contributed by atoms with Crippen molar-refractivity contribution in [2.45, 2.75) is 36.7 Å². The van der Waals surface area contributed by atoms with Crippen molar-refractivity contribution in [1.29, 1.82) is 0 Å². The number of rotatable bonds is 13. The molecule has 220 valence electrons. The summed E-state index contributed by atoms with van der Waals surface area (Å²) in [7, 11) is -2.12. The van der Waals surface area contributed by atoms with Crippen LogP contribution >= 0.6 is 0 Å². The van der Waals surface area contributed by atoms with Crippen molar-refractivity contribution in [2.24, 2.45) is 0 Å². The minimum atomic E-state index is -3.65. The van der Waals surface area contributed by atoms with Crippen LogP contribution in [0.2, 0.25) is 0 Å². The number of aromatic amines is 1. The number of hydrogen-bond donors (Lipinski definition) is 4. The molecule has 1 amide bonds. The molecule has 5 rings (SSSR count). The highest BCUT2D eigenvalue weighted by Gasteiger charge is 2.28. The number of carbonyl (C=O) groups is 1. The first kappa shape index (κ1) is 29.7. The van der Waals surface area contributed by atoms with E-state index in [-0.39, 0.29) is 17.5 Å². The van der Waals surface area contributed by atoms with Gasteiger partial charge in [-0.05, 0) is 71.4 Å². The van der Waals surface area contributed by atoms with Crippen molar-refractivity contribution in [2.75, 3.05) is 26.8 Å². The number of carbonyl (C=O) groups excluding carboxylic acids is 1. The molecule has 10 heteroatoms. The van der Waals surface area contributed by atoms with Gasteiger partial charge in [0.2, 0.25) is 10.0 Å². The Bertz CT molecular complexity index is 1680. The summed E-state index contributed by atoms with van der Waals surface area (Å²) in [5.41, 5.74) is 8.25. The highest BCUT2D eigenvalue weighted by molar-refractivity contribution is 7.89. The minimum Gasteiger partial charge on any atom is -0.383 e. The topological polar surface area (TPSA) is 124 Å². The van der Waals surface area contributed by atoms with Gasteiger partial charge in [0.25, 0.3) is 5.91 Å². The number of benzene rings is 3. The molecule has 1 aromatic heterocycles. The molecule has 1 atom stereocenters. The maximum absolute atomic E-state index is 12.9. The number of aryl methyl sites for hydroxylation is 1. The van der Waals surface area contributed by atoms with Gasteiger partial charge in [0.05, 0.1) is 11.5 Å². The number of hydroxylamine groups is 1. The summed E-state index contributed by atoms with van der Waals surface area (Å²) < 4.78 is 33.4. The van der Waals surface area contributed by atoms with Crippen molar-refractivity contribution in [3.8, 4) is 0 Å². The highest BCUT2D eigenvalue weighted by atomic mass is 32.2. The predicted octanol–water partition coefficient (Wildman–Crippen LogP) is 4.34. The molecule has 0 bridgehead atoms. The van der Waals surface area contributed by atoms with Crippen LogP contribution in [0.15, 0.2) is 83.9 Å². The summed E-state index contributed by atoms with van der Waals surface area (Å²) in [6.07, 6.45) is 7.72. The maximum Gasteiger partial charge on any atom is 0.267 e. The fourth-order valence-corrected chi connectivity index (χ4v) is 6.74. The van der Waals surface area contributed by atoms with Crippen molar-refractivity contribution in [3.05, 3.63) is 107 Å². The maximum atomic E-state index is 12.9. The van der Waals surface area contributed by atoms with Gasteiger partial charge in [0.1, 0.15) is 0 Å². The number of sulfonamides is 1. The molecule has 0 radical (unpaired) electrons. The zero-order valence-corrected chi connectivity index (χ0v) is 24.4. The summed E-state index contributed by atoms with van der Waals surface area (Å²) in [6.45, 7) is 1.88. The lowest BCUT2D eigenvalue weighted by molar-refractivity contribution is -0.124. The molecule has 1 unspecified atom stereocenters. The summed E-state index contributed by atoms with van der Waals surface area (Å²) in [6, 6.07) is 21.8. The van der Waals surface area contributed by atoms with E-state index < -0.39 is 15.9 Å². The third-order valence-electron chi connectivity index (χ3n) is 7.73. The molecule has 4 aromatic rings. The fraction of sp³-hybridized carbons (Fsp3) is 0.281. The molecule has 9 nitrogen and oxygen atoms in total. The van der Waals surface area contributed by atoms with Crippen molar-refractivity contribution in [3.63, 3.8) is 0 Å². The van der Waals surface area contributed by atoms with Gasteiger partial charge in [-0.25, -0.2) is 18.6 Å². The predicted molar refractivity (Wildman–Crippen MR) is 162 cm³/mol. The van der Waals surface area contributed by atoms with E-state index in [1.54, 1.807) is 29.8 Å². The normalized spacial score (nSPS) is 15.1. The number of aromatic nitrogens is 1. The number of amides is 1. The third kappa shape index (κ3) is 6.97. The molecular weight excluding hydrogens is 552 g/mol. The summed E-state index contributed by atoms with van der Waals surface area (Å²) in [5, 5.41) is 9.98. The molecule has 0 spiro atoms. The molecule has 0 saturated heterocycles. The van der Waals surface area contributed by atoms with Gasteiger partial charge in [0, 0.05) is 56.0 Å². The van der Waals surface area contributed by atoms with E-state index in [0.29, 0.717) is 13.2 Å². The SMILES string of the molecule is COCCNS(=O)(=O)c1cccc(CN(CCc2c[nH]c3ccccc23)C2CCc3cc(/C=C/C(=O)NO)ccc32)c1. The molecule has 0 aliphatic heterocycles. The number of para-hydroxylation sites is 1. The number of nitrogens with one attached hydrogen (secondary N) is 3. The summed E-state index contributed by atoms with van der Waals surface area (Å²) in [5.74, 6) is -0.574.